The van der Waals surface area contributed by atoms with Gasteiger partial charge < -0.3 is 5.11 Å². The normalized spacial score (nSPS) is 11.2. The van der Waals surface area contributed by atoms with Crippen LogP contribution in [0.5, 0.6) is 0 Å². The average Bonchev–Trinajstić information content (AvgIpc) is 2.86. The molecule has 1 heterocycles. The van der Waals surface area contributed by atoms with Crippen molar-refractivity contribution in [3.63, 3.8) is 0 Å². The Bertz CT molecular complexity index is 466. The molecular weight excluding hydrogens is 238 g/mol. The lowest BCUT2D eigenvalue weighted by Gasteiger charge is -1.98. The van der Waals surface area contributed by atoms with Gasteiger partial charge in [0.25, 0.3) is 0 Å². The molecule has 0 aliphatic heterocycles. The van der Waals surface area contributed by atoms with Crippen LogP contribution >= 0.6 is 11.6 Å². The van der Waals surface area contributed by atoms with Gasteiger partial charge in [0, 0.05) is 17.7 Å². The van der Waals surface area contributed by atoms with E-state index in [1.54, 1.807) is 24.4 Å². The predicted octanol–water partition coefficient (Wildman–Crippen LogP) is 2.60. The van der Waals surface area contributed by atoms with Gasteiger partial charge in [0.15, 0.2) is 0 Å². The van der Waals surface area contributed by atoms with E-state index in [0.717, 1.165) is 12.7 Å². The van der Waals surface area contributed by atoms with Crippen molar-refractivity contribution in [1.29, 1.82) is 5.26 Å². The second-order valence-corrected chi connectivity index (χ2v) is 3.18. The molecule has 0 saturated carbocycles. The Morgan fingerprint density at radius 1 is 1.65 bits per heavy atom. The van der Waals surface area contributed by atoms with Gasteiger partial charge in [-0.05, 0) is 18.6 Å². The maximum absolute atomic E-state index is 8.81. The summed E-state index contributed by atoms with van der Waals surface area (Å²) in [6.07, 6.45) is 6.71. The van der Waals surface area contributed by atoms with E-state index in [2.05, 4.69) is 16.8 Å². The summed E-state index contributed by atoms with van der Waals surface area (Å²) in [6.45, 7) is 5.51. The first-order valence-electron chi connectivity index (χ1n) is 4.77. The number of aliphatic hydroxyl groups is 1. The van der Waals surface area contributed by atoms with Crippen molar-refractivity contribution < 1.29 is 5.11 Å². The molecule has 0 spiro atoms. The molecule has 0 radical (unpaired) electrons. The molecule has 0 fully saturated rings. The Kier molecular flexibility index (Phi) is 7.44. The van der Waals surface area contributed by atoms with Crippen LogP contribution in [0, 0.1) is 11.3 Å². The van der Waals surface area contributed by atoms with Gasteiger partial charge in [-0.3, -0.25) is 5.10 Å². The molecule has 1 aromatic rings. The van der Waals surface area contributed by atoms with Gasteiger partial charge in [0.1, 0.15) is 11.8 Å². The van der Waals surface area contributed by atoms with Crippen LogP contribution < -0.4 is 0 Å². The van der Waals surface area contributed by atoms with Crippen LogP contribution in [0.1, 0.15) is 18.2 Å². The summed E-state index contributed by atoms with van der Waals surface area (Å²) in [4.78, 5) is 0. The van der Waals surface area contributed by atoms with Crippen LogP contribution in [0.25, 0.3) is 5.57 Å². The highest BCUT2D eigenvalue weighted by Crippen LogP contribution is 2.20. The number of allylic oxidation sites excluding steroid dienone is 5. The van der Waals surface area contributed by atoms with Crippen LogP contribution in [-0.4, -0.2) is 22.4 Å². The summed E-state index contributed by atoms with van der Waals surface area (Å²) in [5, 5.41) is 22.8. The van der Waals surface area contributed by atoms with Crippen molar-refractivity contribution in [3.8, 4) is 6.07 Å². The summed E-state index contributed by atoms with van der Waals surface area (Å²) in [5.41, 5.74) is 1.87. The van der Waals surface area contributed by atoms with Gasteiger partial charge in [0.2, 0.25) is 0 Å². The van der Waals surface area contributed by atoms with Crippen LogP contribution in [0.4, 0.5) is 0 Å². The topological polar surface area (TPSA) is 72.7 Å². The second-order valence-electron chi connectivity index (χ2n) is 2.75. The molecule has 1 rings (SSSR count). The molecule has 1 aromatic heterocycles. The van der Waals surface area contributed by atoms with Crippen LogP contribution in [0.2, 0.25) is 0 Å². The van der Waals surface area contributed by atoms with Crippen molar-refractivity contribution in [2.24, 2.45) is 0 Å². The van der Waals surface area contributed by atoms with Crippen molar-refractivity contribution in [2.75, 3.05) is 7.11 Å². The Hall–Kier alpha value is -1.83. The molecule has 4 nitrogen and oxygen atoms in total. The Morgan fingerprint density at radius 2 is 2.29 bits per heavy atom. The summed E-state index contributed by atoms with van der Waals surface area (Å²) in [6, 6.07) is 2.01. The molecule has 0 aromatic carbocycles. The molecule has 2 N–H and O–H groups in total. The highest BCUT2D eigenvalue weighted by molar-refractivity contribution is 6.31. The smallest absolute Gasteiger partial charge is 0.143 e. The third-order valence-electron chi connectivity index (χ3n) is 1.85. The predicted molar refractivity (Wildman–Crippen MR) is 69.2 cm³/mol. The molecule has 5 heteroatoms. The standard InChI is InChI=1S/C11H10ClN3.CH4O/c1-3-8(5-9(12)4-2)10-7-14-15-11(10)6-13;1-2/h3-5,7H,1H2,2H3,(H,14,15);2H,1H3/b8-5+,9-4+;. The zero-order valence-corrected chi connectivity index (χ0v) is 10.5. The molecule has 0 amide bonds. The molecule has 0 aliphatic rings. The fraction of sp³-hybridized carbons (Fsp3) is 0.167. The number of aromatic nitrogens is 2. The molecule has 0 atom stereocenters. The van der Waals surface area contributed by atoms with Crippen LogP contribution in [-0.2, 0) is 0 Å². The van der Waals surface area contributed by atoms with Crippen LogP contribution in [0.15, 0.2) is 36.0 Å². The zero-order chi connectivity index (χ0) is 13.3. The van der Waals surface area contributed by atoms with Gasteiger partial charge in [-0.25, -0.2) is 0 Å². The number of nitrogens with one attached hydrogen (secondary N) is 1. The lowest BCUT2D eigenvalue weighted by molar-refractivity contribution is 0.399. The quantitative estimate of drug-likeness (QED) is 0.811. The highest BCUT2D eigenvalue weighted by Gasteiger charge is 2.07. The number of rotatable bonds is 3. The number of hydrogen-bond donors (Lipinski definition) is 2. The average molecular weight is 252 g/mol. The minimum absolute atomic E-state index is 0.404. The number of nitrogens with zero attached hydrogens (tertiary/aromatic N) is 2. The van der Waals surface area contributed by atoms with E-state index < -0.39 is 0 Å². The molecule has 17 heavy (non-hydrogen) atoms. The summed E-state index contributed by atoms with van der Waals surface area (Å²) >= 11 is 5.87. The number of H-pyrrole nitrogens is 1. The highest BCUT2D eigenvalue weighted by atomic mass is 35.5. The van der Waals surface area contributed by atoms with E-state index >= 15 is 0 Å². The number of aliphatic hydroxyl groups excluding tert-OH is 1. The van der Waals surface area contributed by atoms with Crippen LogP contribution in [0.3, 0.4) is 0 Å². The minimum atomic E-state index is 0.404. The maximum Gasteiger partial charge on any atom is 0.143 e. The molecule has 90 valence electrons. The molecule has 0 bridgehead atoms. The van der Waals surface area contributed by atoms with E-state index in [1.807, 2.05) is 13.0 Å². The van der Waals surface area contributed by atoms with Crippen molar-refractivity contribution in [3.05, 3.63) is 47.3 Å². The van der Waals surface area contributed by atoms with Crippen molar-refractivity contribution >= 4 is 17.2 Å². The van der Waals surface area contributed by atoms with E-state index in [1.165, 1.54) is 0 Å². The summed E-state index contributed by atoms with van der Waals surface area (Å²) in [7, 11) is 1.00. The van der Waals surface area contributed by atoms with Gasteiger partial charge in [-0.1, -0.05) is 30.3 Å². The number of aromatic amines is 1. The lowest BCUT2D eigenvalue weighted by atomic mass is 10.1. The SMILES string of the molecule is C=C/C(=C\C(Cl)=C/C)c1cn[nH]c1C#N.CO. The zero-order valence-electron chi connectivity index (χ0n) is 9.74. The largest absolute Gasteiger partial charge is 0.400 e. The fourth-order valence-corrected chi connectivity index (χ4v) is 1.19. The summed E-state index contributed by atoms with van der Waals surface area (Å²) < 4.78 is 0. The summed E-state index contributed by atoms with van der Waals surface area (Å²) in [5.74, 6) is 0. The van der Waals surface area contributed by atoms with Crippen molar-refractivity contribution in [2.45, 2.75) is 6.92 Å². The minimum Gasteiger partial charge on any atom is -0.400 e. The molecule has 0 aliphatic carbocycles. The molecule has 0 unspecified atom stereocenters. The third kappa shape index (κ3) is 4.27. The van der Waals surface area contributed by atoms with Gasteiger partial charge >= 0.3 is 0 Å². The van der Waals surface area contributed by atoms with Crippen molar-refractivity contribution in [1.82, 2.24) is 10.2 Å². The monoisotopic (exact) mass is 251 g/mol. The number of nitriles is 1. The first-order valence-corrected chi connectivity index (χ1v) is 5.15. The van der Waals surface area contributed by atoms with Gasteiger partial charge in [-0.15, -0.1) is 0 Å². The van der Waals surface area contributed by atoms with Gasteiger partial charge in [-0.2, -0.15) is 10.4 Å². The Morgan fingerprint density at radius 3 is 2.76 bits per heavy atom. The Balaban J connectivity index is 0.00000121. The van der Waals surface area contributed by atoms with E-state index in [0.29, 0.717) is 16.3 Å². The molecular formula is C12H14ClN3O. The Labute approximate surface area is 106 Å². The number of hydrogen-bond acceptors (Lipinski definition) is 3. The van der Waals surface area contributed by atoms with E-state index in [9.17, 15) is 0 Å². The lowest BCUT2D eigenvalue weighted by Crippen LogP contribution is -1.83. The maximum atomic E-state index is 8.81. The second kappa shape index (κ2) is 8.34. The number of halogens is 1. The van der Waals surface area contributed by atoms with E-state index in [-0.39, 0.29) is 0 Å². The molecule has 0 saturated heterocycles. The van der Waals surface area contributed by atoms with Gasteiger partial charge in [0.05, 0.1) is 6.20 Å². The fourth-order valence-electron chi connectivity index (χ4n) is 1.07. The first-order chi connectivity index (χ1) is 8.22. The third-order valence-corrected chi connectivity index (χ3v) is 2.18. The van der Waals surface area contributed by atoms with E-state index in [4.69, 9.17) is 22.0 Å². The first kappa shape index (κ1) is 15.2.